The van der Waals surface area contributed by atoms with Crippen LogP contribution in [0.4, 0.5) is 5.69 Å². The van der Waals surface area contributed by atoms with E-state index < -0.39 is 4.92 Å². The minimum atomic E-state index is -0.429. The van der Waals surface area contributed by atoms with Crippen LogP contribution in [0.5, 0.6) is 0 Å². The van der Waals surface area contributed by atoms with Crippen LogP contribution in [0.15, 0.2) is 53.5 Å². The molecule has 2 N–H and O–H groups in total. The average Bonchev–Trinajstić information content (AvgIpc) is 2.59. The Morgan fingerprint density at radius 1 is 1.22 bits per heavy atom. The summed E-state index contributed by atoms with van der Waals surface area (Å²) in [6, 6.07) is 14.1. The Hall–Kier alpha value is -2.95. The minimum Gasteiger partial charge on any atom is -0.396 e. The van der Waals surface area contributed by atoms with Crippen LogP contribution in [0.3, 0.4) is 0 Å². The summed E-state index contributed by atoms with van der Waals surface area (Å²) in [5, 5.41) is 10.8. The summed E-state index contributed by atoms with van der Waals surface area (Å²) in [4.78, 5) is 14.8. The molecule has 5 nitrogen and oxygen atoms in total. The Morgan fingerprint density at radius 3 is 2.43 bits per heavy atom. The summed E-state index contributed by atoms with van der Waals surface area (Å²) < 4.78 is 0. The number of aliphatic imine (C=N–C) groups is 1. The molecule has 0 aliphatic carbocycles. The molecular weight excluding hydrogens is 290 g/mol. The zero-order valence-electron chi connectivity index (χ0n) is 13.2. The van der Waals surface area contributed by atoms with E-state index in [1.807, 2.05) is 31.2 Å². The van der Waals surface area contributed by atoms with Crippen molar-refractivity contribution in [3.8, 4) is 0 Å². The first kappa shape index (κ1) is 16.4. The zero-order chi connectivity index (χ0) is 16.8. The van der Waals surface area contributed by atoms with E-state index in [4.69, 9.17) is 5.73 Å². The van der Waals surface area contributed by atoms with Gasteiger partial charge in [-0.15, -0.1) is 0 Å². The Balaban J connectivity index is 2.57. The zero-order valence-corrected chi connectivity index (χ0v) is 13.2. The van der Waals surface area contributed by atoms with Crippen LogP contribution >= 0.6 is 0 Å². The van der Waals surface area contributed by atoms with Gasteiger partial charge in [-0.25, -0.2) is 0 Å². The van der Waals surface area contributed by atoms with Gasteiger partial charge >= 0.3 is 0 Å². The molecule has 0 aliphatic heterocycles. The van der Waals surface area contributed by atoms with E-state index in [2.05, 4.69) is 11.9 Å². The van der Waals surface area contributed by atoms with Crippen LogP contribution in [-0.2, 0) is 6.42 Å². The number of hydrogen-bond acceptors (Lipinski definition) is 4. The number of nitrogens with two attached hydrogens (primary N) is 1. The van der Waals surface area contributed by atoms with Crippen LogP contribution in [0.2, 0.25) is 0 Å². The van der Waals surface area contributed by atoms with Gasteiger partial charge in [0.2, 0.25) is 0 Å². The lowest BCUT2D eigenvalue weighted by Gasteiger charge is -2.12. The quantitative estimate of drug-likeness (QED) is 0.392. The van der Waals surface area contributed by atoms with Crippen LogP contribution < -0.4 is 5.73 Å². The van der Waals surface area contributed by atoms with Crippen molar-refractivity contribution in [2.45, 2.75) is 20.3 Å². The molecule has 0 bridgehead atoms. The molecule has 0 radical (unpaired) electrons. The fraction of sp³-hybridized carbons (Fsp3) is 0.167. The van der Waals surface area contributed by atoms with Crippen molar-refractivity contribution in [2.75, 3.05) is 0 Å². The molecule has 0 unspecified atom stereocenters. The van der Waals surface area contributed by atoms with Crippen molar-refractivity contribution in [3.63, 3.8) is 0 Å². The monoisotopic (exact) mass is 309 g/mol. The fourth-order valence-corrected chi connectivity index (χ4v) is 2.37. The summed E-state index contributed by atoms with van der Waals surface area (Å²) in [5.41, 5.74) is 10.4. The maximum Gasteiger partial charge on any atom is 0.269 e. The number of hydrogen-bond donors (Lipinski definition) is 1. The van der Waals surface area contributed by atoms with E-state index in [0.29, 0.717) is 17.0 Å². The number of nitro benzene ring substituents is 1. The van der Waals surface area contributed by atoms with Crippen molar-refractivity contribution >= 4 is 23.3 Å². The number of rotatable bonds is 5. The maximum absolute atomic E-state index is 10.8. The molecule has 0 heterocycles. The predicted molar refractivity (Wildman–Crippen MR) is 94.1 cm³/mol. The van der Waals surface area contributed by atoms with Crippen molar-refractivity contribution in [2.24, 2.45) is 10.7 Å². The van der Waals surface area contributed by atoms with Gasteiger partial charge in [0.05, 0.1) is 16.3 Å². The summed E-state index contributed by atoms with van der Waals surface area (Å²) in [5.74, 6) is 0. The van der Waals surface area contributed by atoms with E-state index in [-0.39, 0.29) is 5.69 Å². The van der Waals surface area contributed by atoms with Gasteiger partial charge in [-0.3, -0.25) is 15.1 Å². The van der Waals surface area contributed by atoms with Gasteiger partial charge in [-0.2, -0.15) is 0 Å². The Labute approximate surface area is 135 Å². The van der Waals surface area contributed by atoms with Crippen molar-refractivity contribution in [1.29, 1.82) is 0 Å². The van der Waals surface area contributed by atoms with Crippen molar-refractivity contribution < 1.29 is 4.92 Å². The van der Waals surface area contributed by atoms with Gasteiger partial charge < -0.3 is 5.73 Å². The lowest BCUT2D eigenvalue weighted by Crippen LogP contribution is -2.03. The molecular formula is C18H19N3O2. The Bertz CT molecular complexity index is 762. The third-order valence-corrected chi connectivity index (χ3v) is 3.56. The molecule has 0 fully saturated rings. The van der Waals surface area contributed by atoms with Gasteiger partial charge in [-0.1, -0.05) is 31.2 Å². The molecule has 23 heavy (non-hydrogen) atoms. The van der Waals surface area contributed by atoms with Gasteiger partial charge in [-0.05, 0) is 31.0 Å². The third kappa shape index (κ3) is 3.63. The lowest BCUT2D eigenvalue weighted by atomic mass is 9.99. The second-order valence-electron chi connectivity index (χ2n) is 4.96. The average molecular weight is 309 g/mol. The molecule has 118 valence electrons. The Morgan fingerprint density at radius 2 is 1.87 bits per heavy atom. The van der Waals surface area contributed by atoms with Gasteiger partial charge in [0, 0.05) is 29.5 Å². The lowest BCUT2D eigenvalue weighted by molar-refractivity contribution is -0.384. The van der Waals surface area contributed by atoms with E-state index >= 15 is 0 Å². The van der Waals surface area contributed by atoms with Gasteiger partial charge in [0.25, 0.3) is 5.69 Å². The molecule has 0 aromatic heterocycles. The topological polar surface area (TPSA) is 81.5 Å². The van der Waals surface area contributed by atoms with E-state index in [9.17, 15) is 10.1 Å². The number of nitrogens with zero attached hydrogens (tertiary/aromatic N) is 2. The van der Waals surface area contributed by atoms with Crippen molar-refractivity contribution in [3.05, 3.63) is 75.3 Å². The number of aryl methyl sites for hydroxylation is 1. The predicted octanol–water partition coefficient (Wildman–Crippen LogP) is 4.03. The summed E-state index contributed by atoms with van der Waals surface area (Å²) in [6.07, 6.45) is 2.56. The summed E-state index contributed by atoms with van der Waals surface area (Å²) >= 11 is 0. The second kappa shape index (κ2) is 7.35. The highest BCUT2D eigenvalue weighted by molar-refractivity contribution is 5.92. The van der Waals surface area contributed by atoms with Crippen LogP contribution in [0, 0.1) is 10.1 Å². The van der Waals surface area contributed by atoms with E-state index in [1.165, 1.54) is 12.1 Å². The molecule has 2 aromatic rings. The Kier molecular flexibility index (Phi) is 5.25. The standard InChI is InChI=1S/C18H19N3O2/c1-3-13-7-5-6-8-16(13)18(20-4-2)17(19)14-9-11-15(12-10-14)21(22)23/h4-12H,3,19H2,1-2H3/b18-17-,20-4-. The number of non-ortho nitro benzene ring substituents is 1. The van der Waals surface area contributed by atoms with Gasteiger partial charge in [0.15, 0.2) is 0 Å². The molecule has 0 saturated heterocycles. The summed E-state index contributed by atoms with van der Waals surface area (Å²) in [6.45, 7) is 3.91. The number of nitro groups is 1. The minimum absolute atomic E-state index is 0.0380. The highest BCUT2D eigenvalue weighted by Gasteiger charge is 2.12. The summed E-state index contributed by atoms with van der Waals surface area (Å²) in [7, 11) is 0. The maximum atomic E-state index is 10.8. The highest BCUT2D eigenvalue weighted by Crippen LogP contribution is 2.27. The second-order valence-corrected chi connectivity index (χ2v) is 4.96. The largest absolute Gasteiger partial charge is 0.396 e. The normalized spacial score (nSPS) is 12.3. The van der Waals surface area contributed by atoms with E-state index in [1.54, 1.807) is 18.3 Å². The molecule has 0 atom stereocenters. The molecule has 0 amide bonds. The van der Waals surface area contributed by atoms with Crippen LogP contribution in [0.25, 0.3) is 11.4 Å². The van der Waals surface area contributed by atoms with Crippen LogP contribution in [-0.4, -0.2) is 11.1 Å². The molecule has 0 spiro atoms. The highest BCUT2D eigenvalue weighted by atomic mass is 16.6. The first-order chi connectivity index (χ1) is 11.1. The van der Waals surface area contributed by atoms with Crippen LogP contribution in [0.1, 0.15) is 30.5 Å². The smallest absolute Gasteiger partial charge is 0.269 e. The third-order valence-electron chi connectivity index (χ3n) is 3.56. The fourth-order valence-electron chi connectivity index (χ4n) is 2.37. The molecule has 0 aliphatic rings. The van der Waals surface area contributed by atoms with Crippen molar-refractivity contribution in [1.82, 2.24) is 0 Å². The first-order valence-electron chi connectivity index (χ1n) is 7.40. The first-order valence-corrected chi connectivity index (χ1v) is 7.40. The van der Waals surface area contributed by atoms with Gasteiger partial charge in [0.1, 0.15) is 0 Å². The molecule has 2 aromatic carbocycles. The SMILES string of the molecule is C/C=N\C(=C(/N)c1ccc([N+](=O)[O-])cc1)c1ccccc1CC. The molecule has 0 saturated carbocycles. The molecule has 2 rings (SSSR count). The van der Waals surface area contributed by atoms with E-state index in [0.717, 1.165) is 17.5 Å². The molecule has 5 heteroatoms. The number of benzene rings is 2.